The second-order valence-electron chi connectivity index (χ2n) is 4.53. The maximum atomic E-state index is 12.9. The highest BCUT2D eigenvalue weighted by molar-refractivity contribution is 7.99. The molecular formula is C9H18FNOS. The number of hydrogen-bond acceptors (Lipinski definition) is 1. The molecule has 2 nitrogen and oxygen atoms in total. The summed E-state index contributed by atoms with van der Waals surface area (Å²) in [5, 5.41) is 0. The molecule has 0 spiro atoms. The summed E-state index contributed by atoms with van der Waals surface area (Å²) in [6, 6.07) is 0. The van der Waals surface area contributed by atoms with Crippen LogP contribution in [0.3, 0.4) is 0 Å². The van der Waals surface area contributed by atoms with Gasteiger partial charge in [-0.2, -0.15) is 0 Å². The van der Waals surface area contributed by atoms with Gasteiger partial charge in [-0.3, -0.25) is 4.21 Å². The van der Waals surface area contributed by atoms with Crippen molar-refractivity contribution in [3.63, 3.8) is 0 Å². The summed E-state index contributed by atoms with van der Waals surface area (Å²) in [5.41, 5.74) is 0. The van der Waals surface area contributed by atoms with E-state index in [1.54, 1.807) is 4.31 Å². The lowest BCUT2D eigenvalue weighted by molar-refractivity contribution is 0.345. The van der Waals surface area contributed by atoms with Crippen molar-refractivity contribution in [2.75, 3.05) is 13.1 Å². The monoisotopic (exact) mass is 207 g/mol. The summed E-state index contributed by atoms with van der Waals surface area (Å²) >= 11 is 0. The Labute approximate surface area is 80.3 Å². The molecule has 0 aromatic rings. The first-order valence-corrected chi connectivity index (χ1v) is 6.19. The molecule has 0 N–H and O–H groups in total. The number of alkyl halides is 1. The average Bonchev–Trinajstić information content (AvgIpc) is 2.33. The van der Waals surface area contributed by atoms with E-state index in [1.807, 2.05) is 20.8 Å². The number of halogens is 1. The maximum absolute atomic E-state index is 12.9. The first kappa shape index (κ1) is 11.0. The molecule has 0 aliphatic carbocycles. The van der Waals surface area contributed by atoms with E-state index in [4.69, 9.17) is 0 Å². The van der Waals surface area contributed by atoms with Crippen molar-refractivity contribution in [2.24, 2.45) is 0 Å². The van der Waals surface area contributed by atoms with Crippen LogP contribution in [0.4, 0.5) is 4.39 Å². The fourth-order valence-corrected chi connectivity index (χ4v) is 2.92. The Hall–Kier alpha value is -0.0900. The van der Waals surface area contributed by atoms with Gasteiger partial charge in [-0.15, -0.1) is 0 Å². The fraction of sp³-hybridized carbons (Fsp3) is 0.889. The van der Waals surface area contributed by atoms with E-state index < -0.39 is 15.9 Å². The van der Waals surface area contributed by atoms with Crippen LogP contribution < -0.4 is 0 Å². The second-order valence-corrected chi connectivity index (χ2v) is 7.55. The molecule has 0 radical (unpaired) electrons. The maximum Gasteiger partial charge on any atom is 0.115 e. The van der Waals surface area contributed by atoms with Crippen molar-refractivity contribution in [3.8, 4) is 0 Å². The largest absolute Gasteiger partial charge is 0.252 e. The first-order chi connectivity index (χ1) is 5.75. The third kappa shape index (κ3) is 2.05. The molecule has 1 heterocycles. The average molecular weight is 207 g/mol. The lowest BCUT2D eigenvalue weighted by Crippen LogP contribution is -2.41. The minimum atomic E-state index is -2.32. The van der Waals surface area contributed by atoms with E-state index in [2.05, 4.69) is 5.87 Å². The Morgan fingerprint density at radius 1 is 1.54 bits per heavy atom. The van der Waals surface area contributed by atoms with Crippen LogP contribution in [-0.4, -0.2) is 38.4 Å². The molecule has 78 valence electrons. The predicted octanol–water partition coefficient (Wildman–Crippen LogP) is 1.46. The molecule has 13 heavy (non-hydrogen) atoms. The smallest absolute Gasteiger partial charge is 0.115 e. The van der Waals surface area contributed by atoms with Gasteiger partial charge in [0.05, 0.1) is 0 Å². The Balaban J connectivity index is 2.84. The topological polar surface area (TPSA) is 20.3 Å². The van der Waals surface area contributed by atoms with E-state index >= 15 is 0 Å². The van der Waals surface area contributed by atoms with Gasteiger partial charge in [-0.05, 0) is 33.1 Å². The molecule has 1 unspecified atom stereocenters. The van der Waals surface area contributed by atoms with Crippen molar-refractivity contribution in [1.82, 2.24) is 4.31 Å². The highest BCUT2D eigenvalue weighted by Crippen LogP contribution is 2.25. The van der Waals surface area contributed by atoms with E-state index in [-0.39, 0.29) is 11.3 Å². The fourth-order valence-electron chi connectivity index (χ4n) is 1.34. The molecule has 1 fully saturated rings. The molecule has 0 bridgehead atoms. The van der Waals surface area contributed by atoms with Gasteiger partial charge in [-0.25, -0.2) is 8.70 Å². The molecule has 1 saturated heterocycles. The number of rotatable bonds is 1. The third-order valence-electron chi connectivity index (χ3n) is 2.47. The quantitative estimate of drug-likeness (QED) is 0.596. The van der Waals surface area contributed by atoms with Gasteiger partial charge in [0.2, 0.25) is 0 Å². The molecule has 0 aromatic carbocycles. The second kappa shape index (κ2) is 3.24. The van der Waals surface area contributed by atoms with E-state index in [0.717, 1.165) is 0 Å². The zero-order valence-corrected chi connectivity index (χ0v) is 9.36. The van der Waals surface area contributed by atoms with Gasteiger partial charge < -0.3 is 0 Å². The lowest BCUT2D eigenvalue weighted by atomic mass is 10.3. The predicted molar refractivity (Wildman–Crippen MR) is 56.1 cm³/mol. The normalized spacial score (nSPS) is 30.3. The molecule has 1 aliphatic heterocycles. The van der Waals surface area contributed by atoms with Gasteiger partial charge in [0, 0.05) is 27.5 Å². The summed E-state index contributed by atoms with van der Waals surface area (Å²) in [4.78, 5) is 0. The van der Waals surface area contributed by atoms with Crippen molar-refractivity contribution < 1.29 is 8.60 Å². The van der Waals surface area contributed by atoms with Crippen LogP contribution in [0.2, 0.25) is 0 Å². The summed E-state index contributed by atoms with van der Waals surface area (Å²) in [5.74, 6) is 3.74. The molecular weight excluding hydrogens is 189 g/mol. The minimum absolute atomic E-state index is 0.277. The molecule has 1 rings (SSSR count). The van der Waals surface area contributed by atoms with Gasteiger partial charge in [0.25, 0.3) is 0 Å². The van der Waals surface area contributed by atoms with E-state index in [0.29, 0.717) is 13.0 Å². The number of hydrogen-bond donors (Lipinski definition) is 0. The summed E-state index contributed by atoms with van der Waals surface area (Å²) in [6.07, 6.45) is -0.340. The van der Waals surface area contributed by atoms with Crippen molar-refractivity contribution in [1.29, 1.82) is 0 Å². The van der Waals surface area contributed by atoms with Crippen molar-refractivity contribution in [3.05, 3.63) is 0 Å². The van der Waals surface area contributed by atoms with Gasteiger partial charge in [0.15, 0.2) is 0 Å². The van der Waals surface area contributed by atoms with Crippen LogP contribution in [0, 0.1) is 0 Å². The molecule has 0 aromatic heterocycles. The van der Waals surface area contributed by atoms with E-state index in [1.165, 1.54) is 0 Å². The molecule has 0 amide bonds. The zero-order chi connectivity index (χ0) is 10.3. The first-order valence-electron chi connectivity index (χ1n) is 4.51. The summed E-state index contributed by atoms with van der Waals surface area (Å²) in [6.45, 7) is 6.50. The summed E-state index contributed by atoms with van der Waals surface area (Å²) in [7, 11) is -2.32. The molecule has 2 atom stereocenters. The van der Waals surface area contributed by atoms with Gasteiger partial charge in [-0.1, -0.05) is 0 Å². The highest BCUT2D eigenvalue weighted by atomic mass is 32.2. The SMILES string of the molecule is C=S(=O)(N1CC[C@@H](F)C1)C(C)(C)C. The van der Waals surface area contributed by atoms with Gasteiger partial charge in [0.1, 0.15) is 6.17 Å². The van der Waals surface area contributed by atoms with Gasteiger partial charge >= 0.3 is 0 Å². The molecule has 4 heteroatoms. The van der Waals surface area contributed by atoms with Crippen LogP contribution in [0.1, 0.15) is 27.2 Å². The van der Waals surface area contributed by atoms with Crippen LogP contribution in [-0.2, 0) is 9.71 Å². The van der Waals surface area contributed by atoms with Crippen molar-refractivity contribution >= 4 is 15.6 Å². The Bertz CT molecular complexity index is 278. The Kier molecular flexibility index (Phi) is 2.74. The highest BCUT2D eigenvalue weighted by Gasteiger charge is 2.34. The molecule has 1 aliphatic rings. The lowest BCUT2D eigenvalue weighted by Gasteiger charge is -2.31. The van der Waals surface area contributed by atoms with Crippen molar-refractivity contribution in [2.45, 2.75) is 38.1 Å². The van der Waals surface area contributed by atoms with E-state index in [9.17, 15) is 8.60 Å². The Morgan fingerprint density at radius 3 is 2.38 bits per heavy atom. The Morgan fingerprint density at radius 2 is 2.08 bits per heavy atom. The molecule has 0 saturated carbocycles. The van der Waals surface area contributed by atoms with Crippen LogP contribution >= 0.6 is 0 Å². The summed E-state index contributed by atoms with van der Waals surface area (Å²) < 4.78 is 26.4. The third-order valence-corrected chi connectivity index (χ3v) is 5.55. The minimum Gasteiger partial charge on any atom is -0.252 e. The standard InChI is InChI=1S/C9H18FNOS/c1-9(2,3)13(4,12)11-6-5-8(10)7-11/h8H,4-7H2,1-3H3/t8-,13?/m1/s1. The number of nitrogens with zero attached hydrogens (tertiary/aromatic N) is 1. The van der Waals surface area contributed by atoms with Crippen LogP contribution in [0.5, 0.6) is 0 Å². The van der Waals surface area contributed by atoms with Crippen LogP contribution in [0.15, 0.2) is 0 Å². The van der Waals surface area contributed by atoms with Crippen LogP contribution in [0.25, 0.3) is 0 Å². The zero-order valence-electron chi connectivity index (χ0n) is 8.55.